The van der Waals surface area contributed by atoms with Crippen molar-refractivity contribution in [2.24, 2.45) is 0 Å². The van der Waals surface area contributed by atoms with Crippen LogP contribution in [-0.2, 0) is 6.54 Å². The minimum atomic E-state index is 0.504. The van der Waals surface area contributed by atoms with Gasteiger partial charge < -0.3 is 4.90 Å². The van der Waals surface area contributed by atoms with Gasteiger partial charge in [-0.2, -0.15) is 0 Å². The molecule has 1 heterocycles. The van der Waals surface area contributed by atoms with Gasteiger partial charge in [0.05, 0.1) is 0 Å². The lowest BCUT2D eigenvalue weighted by molar-refractivity contribution is 0.548. The molecule has 3 rings (SSSR count). The lowest BCUT2D eigenvalue weighted by Crippen LogP contribution is -2.26. The maximum absolute atomic E-state index is 4.21. The summed E-state index contributed by atoms with van der Waals surface area (Å²) in [6.07, 6.45) is 1.17. The van der Waals surface area contributed by atoms with Gasteiger partial charge in [0.2, 0.25) is 0 Å². The second kappa shape index (κ2) is 6.00. The van der Waals surface area contributed by atoms with Crippen molar-refractivity contribution in [1.29, 1.82) is 0 Å². The fourth-order valence-corrected chi connectivity index (χ4v) is 3.81. The van der Waals surface area contributed by atoms with E-state index in [2.05, 4.69) is 80.8 Å². The third-order valence-electron chi connectivity index (χ3n) is 5.01. The molecular formula is C21H25N. The third-order valence-corrected chi connectivity index (χ3v) is 5.01. The highest BCUT2D eigenvalue weighted by Crippen LogP contribution is 2.43. The number of hydrogen-bond donors (Lipinski definition) is 0. The first-order valence-corrected chi connectivity index (χ1v) is 8.23. The van der Waals surface area contributed by atoms with Crippen LogP contribution in [0.2, 0.25) is 0 Å². The minimum absolute atomic E-state index is 0.504. The molecule has 0 aromatic heterocycles. The Hall–Kier alpha value is -2.02. The highest BCUT2D eigenvalue weighted by Gasteiger charge is 2.28. The molecule has 0 radical (unpaired) electrons. The molecule has 1 aliphatic rings. The Kier molecular flexibility index (Phi) is 4.06. The van der Waals surface area contributed by atoms with E-state index in [4.69, 9.17) is 0 Å². The Morgan fingerprint density at radius 3 is 2.41 bits per heavy atom. The quantitative estimate of drug-likeness (QED) is 0.672. The molecule has 1 heteroatoms. The summed E-state index contributed by atoms with van der Waals surface area (Å²) in [5, 5.41) is 0. The lowest BCUT2D eigenvalue weighted by atomic mass is 9.77. The van der Waals surface area contributed by atoms with Gasteiger partial charge in [0.15, 0.2) is 0 Å². The van der Waals surface area contributed by atoms with Crippen LogP contribution in [0.1, 0.15) is 55.7 Å². The molecule has 1 nitrogen and oxygen atoms in total. The van der Waals surface area contributed by atoms with Crippen molar-refractivity contribution in [3.05, 3.63) is 77.5 Å². The number of allylic oxidation sites excluding steroid dienone is 1. The van der Waals surface area contributed by atoms with E-state index in [0.717, 1.165) is 12.2 Å². The van der Waals surface area contributed by atoms with Gasteiger partial charge in [0.25, 0.3) is 0 Å². The molecule has 2 unspecified atom stereocenters. The third kappa shape index (κ3) is 2.45. The summed E-state index contributed by atoms with van der Waals surface area (Å²) in [4.78, 5) is 2.36. The summed E-state index contributed by atoms with van der Waals surface area (Å²) in [6, 6.07) is 17.7. The van der Waals surface area contributed by atoms with Crippen LogP contribution < -0.4 is 4.90 Å². The van der Waals surface area contributed by atoms with Crippen LogP contribution >= 0.6 is 0 Å². The molecule has 0 saturated carbocycles. The smallest absolute Gasteiger partial charge is 0.0481 e. The number of benzene rings is 2. The molecule has 1 aliphatic heterocycles. The van der Waals surface area contributed by atoms with Crippen molar-refractivity contribution >= 4 is 5.69 Å². The fourth-order valence-electron chi connectivity index (χ4n) is 3.81. The molecule has 2 aromatic carbocycles. The molecule has 0 aliphatic carbocycles. The molecule has 0 fully saturated rings. The average molecular weight is 291 g/mol. The van der Waals surface area contributed by atoms with Crippen molar-refractivity contribution in [2.75, 3.05) is 4.90 Å². The monoisotopic (exact) mass is 291 g/mol. The highest BCUT2D eigenvalue weighted by atomic mass is 15.1. The van der Waals surface area contributed by atoms with Crippen molar-refractivity contribution in [2.45, 2.75) is 45.6 Å². The van der Waals surface area contributed by atoms with Crippen molar-refractivity contribution < 1.29 is 0 Å². The summed E-state index contributed by atoms with van der Waals surface area (Å²) < 4.78 is 0. The first-order chi connectivity index (χ1) is 10.6. The van der Waals surface area contributed by atoms with Gasteiger partial charge in [-0.05, 0) is 47.9 Å². The summed E-state index contributed by atoms with van der Waals surface area (Å²) in [5.74, 6) is 1.08. The van der Waals surface area contributed by atoms with Gasteiger partial charge >= 0.3 is 0 Å². The van der Waals surface area contributed by atoms with Crippen molar-refractivity contribution in [1.82, 2.24) is 0 Å². The van der Waals surface area contributed by atoms with Gasteiger partial charge in [0.1, 0.15) is 0 Å². The van der Waals surface area contributed by atoms with E-state index in [-0.39, 0.29) is 0 Å². The van der Waals surface area contributed by atoms with Crippen LogP contribution in [0.5, 0.6) is 0 Å². The van der Waals surface area contributed by atoms with Crippen LogP contribution in [0.4, 0.5) is 5.69 Å². The molecule has 0 saturated heterocycles. The van der Waals surface area contributed by atoms with Crippen molar-refractivity contribution in [3.8, 4) is 0 Å². The average Bonchev–Trinajstić information content (AvgIpc) is 2.53. The minimum Gasteiger partial charge on any atom is -0.341 e. The van der Waals surface area contributed by atoms with Gasteiger partial charge in [0, 0.05) is 17.9 Å². The molecule has 0 bridgehead atoms. The molecule has 0 spiro atoms. The van der Waals surface area contributed by atoms with E-state index in [1.807, 2.05) is 0 Å². The van der Waals surface area contributed by atoms with Gasteiger partial charge in [-0.3, -0.25) is 0 Å². The van der Waals surface area contributed by atoms with Crippen molar-refractivity contribution in [3.63, 3.8) is 0 Å². The van der Waals surface area contributed by atoms with Gasteiger partial charge in [-0.15, -0.1) is 0 Å². The summed E-state index contributed by atoms with van der Waals surface area (Å²) in [5.41, 5.74) is 6.78. The summed E-state index contributed by atoms with van der Waals surface area (Å²) >= 11 is 0. The predicted molar refractivity (Wildman–Crippen MR) is 95.3 cm³/mol. The number of para-hydroxylation sites is 1. The van der Waals surface area contributed by atoms with E-state index in [0.29, 0.717) is 11.8 Å². The number of fused-ring (bicyclic) bond motifs is 2. The zero-order chi connectivity index (χ0) is 15.7. The summed E-state index contributed by atoms with van der Waals surface area (Å²) in [6.45, 7) is 11.9. The predicted octanol–water partition coefficient (Wildman–Crippen LogP) is 5.84. The maximum atomic E-state index is 4.21. The maximum Gasteiger partial charge on any atom is 0.0481 e. The fraction of sp³-hybridized carbons (Fsp3) is 0.333. The Balaban J connectivity index is 2.22. The summed E-state index contributed by atoms with van der Waals surface area (Å²) in [7, 11) is 0. The molecule has 2 aromatic rings. The standard InChI is InChI=1S/C21H25N/c1-5-18-16(4)19-11-8-9-13-21(19)22(15(2)3)14-17-10-6-7-12-20(17)18/h6-13,16,18H,2,5,14H2,1,3-4H3. The Morgan fingerprint density at radius 2 is 1.73 bits per heavy atom. The number of hydrogen-bond acceptors (Lipinski definition) is 1. The molecular weight excluding hydrogens is 266 g/mol. The van der Waals surface area contributed by atoms with Crippen LogP contribution in [0.25, 0.3) is 0 Å². The van der Waals surface area contributed by atoms with E-state index in [1.165, 1.54) is 28.8 Å². The lowest BCUT2D eigenvalue weighted by Gasteiger charge is -2.36. The molecule has 0 N–H and O–H groups in total. The first-order valence-electron chi connectivity index (χ1n) is 8.23. The topological polar surface area (TPSA) is 3.24 Å². The number of anilines is 1. The van der Waals surface area contributed by atoms with E-state index in [1.54, 1.807) is 0 Å². The van der Waals surface area contributed by atoms with Gasteiger partial charge in [-0.25, -0.2) is 0 Å². The van der Waals surface area contributed by atoms with Crippen LogP contribution in [0, 0.1) is 0 Å². The van der Waals surface area contributed by atoms with Crippen LogP contribution in [-0.4, -0.2) is 0 Å². The van der Waals surface area contributed by atoms with E-state index in [9.17, 15) is 0 Å². The Bertz CT molecular complexity index is 686. The molecule has 114 valence electrons. The second-order valence-corrected chi connectivity index (χ2v) is 6.38. The second-order valence-electron chi connectivity index (χ2n) is 6.38. The molecule has 2 atom stereocenters. The molecule has 0 amide bonds. The zero-order valence-electron chi connectivity index (χ0n) is 13.8. The van der Waals surface area contributed by atoms with Crippen LogP contribution in [0.15, 0.2) is 60.8 Å². The number of nitrogens with zero attached hydrogens (tertiary/aromatic N) is 1. The SMILES string of the molecule is C=C(C)N1Cc2ccccc2C(CC)C(C)c2ccccc21. The van der Waals surface area contributed by atoms with E-state index >= 15 is 0 Å². The number of rotatable bonds is 2. The van der Waals surface area contributed by atoms with Crippen LogP contribution in [0.3, 0.4) is 0 Å². The Morgan fingerprint density at radius 1 is 1.09 bits per heavy atom. The largest absolute Gasteiger partial charge is 0.341 e. The Labute approximate surface area is 134 Å². The van der Waals surface area contributed by atoms with E-state index < -0.39 is 0 Å². The zero-order valence-corrected chi connectivity index (χ0v) is 13.8. The first kappa shape index (κ1) is 14.9. The molecule has 22 heavy (non-hydrogen) atoms. The van der Waals surface area contributed by atoms with Gasteiger partial charge in [-0.1, -0.05) is 62.9 Å². The highest BCUT2D eigenvalue weighted by molar-refractivity contribution is 5.61. The normalized spacial score (nSPS) is 20.6.